The first-order valence-electron chi connectivity index (χ1n) is 5.96. The second kappa shape index (κ2) is 6.25. The van der Waals surface area contributed by atoms with E-state index in [0.29, 0.717) is 20.9 Å². The van der Waals surface area contributed by atoms with Crippen LogP contribution in [0.1, 0.15) is 5.56 Å². The summed E-state index contributed by atoms with van der Waals surface area (Å²) in [5.74, 6) is 0.558. The van der Waals surface area contributed by atoms with Crippen LogP contribution < -0.4 is 9.46 Å². The molecule has 0 bridgehead atoms. The minimum atomic E-state index is -3.73. The number of para-hydroxylation sites is 1. The van der Waals surface area contributed by atoms with Crippen molar-refractivity contribution in [3.63, 3.8) is 0 Å². The Hall–Kier alpha value is -1.24. The number of methoxy groups -OCH3 is 1. The van der Waals surface area contributed by atoms with E-state index in [1.165, 1.54) is 19.2 Å². The lowest BCUT2D eigenvalue weighted by Crippen LogP contribution is -2.14. The summed E-state index contributed by atoms with van der Waals surface area (Å²) in [6.07, 6.45) is 0. The second-order valence-corrected chi connectivity index (χ2v) is 7.28. The summed E-state index contributed by atoms with van der Waals surface area (Å²) in [6, 6.07) is 9.72. The SMILES string of the molecule is COc1ccc(S(=O)(=O)Nc2c(C)cccc2Cl)cc1Br. The van der Waals surface area contributed by atoms with Gasteiger partial charge >= 0.3 is 0 Å². The van der Waals surface area contributed by atoms with Gasteiger partial charge in [0, 0.05) is 0 Å². The van der Waals surface area contributed by atoms with Crippen LogP contribution in [-0.2, 0) is 10.0 Å². The van der Waals surface area contributed by atoms with E-state index in [9.17, 15) is 8.42 Å². The number of anilines is 1. The van der Waals surface area contributed by atoms with Gasteiger partial charge in [-0.15, -0.1) is 0 Å². The van der Waals surface area contributed by atoms with Crippen LogP contribution in [0.4, 0.5) is 5.69 Å². The van der Waals surface area contributed by atoms with Gasteiger partial charge in [0.25, 0.3) is 10.0 Å². The highest BCUT2D eigenvalue weighted by molar-refractivity contribution is 9.10. The van der Waals surface area contributed by atoms with E-state index in [1.807, 2.05) is 0 Å². The van der Waals surface area contributed by atoms with Crippen molar-refractivity contribution in [2.45, 2.75) is 11.8 Å². The maximum absolute atomic E-state index is 12.4. The number of nitrogens with one attached hydrogen (secondary N) is 1. The van der Waals surface area contributed by atoms with Crippen LogP contribution in [0, 0.1) is 6.92 Å². The molecule has 4 nitrogen and oxygen atoms in total. The Morgan fingerprint density at radius 2 is 1.95 bits per heavy atom. The van der Waals surface area contributed by atoms with E-state index < -0.39 is 10.0 Å². The van der Waals surface area contributed by atoms with Gasteiger partial charge < -0.3 is 4.74 Å². The molecule has 0 aromatic heterocycles. The van der Waals surface area contributed by atoms with E-state index in [1.54, 1.807) is 31.2 Å². The second-order valence-electron chi connectivity index (χ2n) is 4.33. The number of halogens is 2. The van der Waals surface area contributed by atoms with E-state index in [0.717, 1.165) is 5.56 Å². The average Bonchev–Trinajstić information content (AvgIpc) is 2.43. The molecule has 0 heterocycles. The van der Waals surface area contributed by atoms with Crippen molar-refractivity contribution in [3.8, 4) is 5.75 Å². The molecule has 2 rings (SSSR count). The molecule has 0 fully saturated rings. The number of ether oxygens (including phenoxy) is 1. The van der Waals surface area contributed by atoms with Crippen molar-refractivity contribution in [3.05, 3.63) is 51.5 Å². The van der Waals surface area contributed by atoms with Gasteiger partial charge in [0.05, 0.1) is 27.2 Å². The predicted molar refractivity (Wildman–Crippen MR) is 87.7 cm³/mol. The molecule has 0 spiro atoms. The monoisotopic (exact) mass is 389 g/mol. The molecule has 0 aliphatic carbocycles. The molecule has 21 heavy (non-hydrogen) atoms. The molecule has 0 saturated heterocycles. The Bertz CT molecular complexity index is 758. The molecule has 0 amide bonds. The molecule has 0 aliphatic heterocycles. The highest BCUT2D eigenvalue weighted by atomic mass is 79.9. The van der Waals surface area contributed by atoms with Gasteiger partial charge in [0.2, 0.25) is 0 Å². The minimum absolute atomic E-state index is 0.120. The van der Waals surface area contributed by atoms with Gasteiger partial charge in [-0.25, -0.2) is 8.42 Å². The fourth-order valence-electron chi connectivity index (χ4n) is 1.77. The summed E-state index contributed by atoms with van der Waals surface area (Å²) in [4.78, 5) is 0.120. The normalized spacial score (nSPS) is 11.2. The Morgan fingerprint density at radius 1 is 1.24 bits per heavy atom. The maximum atomic E-state index is 12.4. The van der Waals surface area contributed by atoms with E-state index in [4.69, 9.17) is 16.3 Å². The zero-order valence-electron chi connectivity index (χ0n) is 11.4. The number of hydrogen-bond donors (Lipinski definition) is 1. The summed E-state index contributed by atoms with van der Waals surface area (Å²) in [6.45, 7) is 1.79. The molecule has 0 saturated carbocycles. The number of benzene rings is 2. The third-order valence-corrected chi connectivity index (χ3v) is 5.17. The van der Waals surface area contributed by atoms with Crippen molar-refractivity contribution in [1.82, 2.24) is 0 Å². The fraction of sp³-hybridized carbons (Fsp3) is 0.143. The molecule has 2 aromatic rings. The molecule has 0 atom stereocenters. The third kappa shape index (κ3) is 3.51. The van der Waals surface area contributed by atoms with Crippen molar-refractivity contribution in [2.75, 3.05) is 11.8 Å². The van der Waals surface area contributed by atoms with Crippen molar-refractivity contribution in [2.24, 2.45) is 0 Å². The zero-order chi connectivity index (χ0) is 15.6. The van der Waals surface area contributed by atoms with Crippen LogP contribution in [-0.4, -0.2) is 15.5 Å². The Labute approximate surface area is 137 Å². The summed E-state index contributed by atoms with van der Waals surface area (Å²) < 4.78 is 33.0. The van der Waals surface area contributed by atoms with Crippen LogP contribution in [0.15, 0.2) is 45.8 Å². The van der Waals surface area contributed by atoms with Gasteiger partial charge in [-0.3, -0.25) is 4.72 Å². The molecular formula is C14H13BrClNO3S. The average molecular weight is 391 g/mol. The molecular weight excluding hydrogens is 378 g/mol. The van der Waals surface area contributed by atoms with E-state index in [-0.39, 0.29) is 4.90 Å². The predicted octanol–water partition coefficient (Wildman–Crippen LogP) is 4.22. The van der Waals surface area contributed by atoms with E-state index in [2.05, 4.69) is 20.7 Å². The van der Waals surface area contributed by atoms with Crippen molar-refractivity contribution >= 4 is 43.2 Å². The van der Waals surface area contributed by atoms with Crippen molar-refractivity contribution < 1.29 is 13.2 Å². The largest absolute Gasteiger partial charge is 0.496 e. The lowest BCUT2D eigenvalue weighted by Gasteiger charge is -2.13. The van der Waals surface area contributed by atoms with Gasteiger partial charge in [0.1, 0.15) is 5.75 Å². The molecule has 0 radical (unpaired) electrons. The van der Waals surface area contributed by atoms with Crippen LogP contribution in [0.3, 0.4) is 0 Å². The summed E-state index contributed by atoms with van der Waals surface area (Å²) in [5, 5.41) is 0.353. The van der Waals surface area contributed by atoms with Crippen LogP contribution >= 0.6 is 27.5 Å². The highest BCUT2D eigenvalue weighted by Crippen LogP contribution is 2.31. The standard InChI is InChI=1S/C14H13BrClNO3S/c1-9-4-3-5-12(16)14(9)17-21(18,19)10-6-7-13(20-2)11(15)8-10/h3-8,17H,1-2H3. The quantitative estimate of drug-likeness (QED) is 0.850. The number of sulfonamides is 1. The van der Waals surface area contributed by atoms with Gasteiger partial charge in [-0.1, -0.05) is 23.7 Å². The highest BCUT2D eigenvalue weighted by Gasteiger charge is 2.18. The molecule has 7 heteroatoms. The maximum Gasteiger partial charge on any atom is 0.261 e. The fourth-order valence-corrected chi connectivity index (χ4v) is 3.96. The number of aryl methyl sites for hydroxylation is 1. The molecule has 2 aromatic carbocycles. The number of hydrogen-bond acceptors (Lipinski definition) is 3. The lowest BCUT2D eigenvalue weighted by molar-refractivity contribution is 0.411. The Kier molecular flexibility index (Phi) is 4.81. The van der Waals surface area contributed by atoms with Crippen LogP contribution in [0.2, 0.25) is 5.02 Å². The first-order valence-corrected chi connectivity index (χ1v) is 8.62. The third-order valence-electron chi connectivity index (χ3n) is 2.89. The molecule has 0 aliphatic rings. The first kappa shape index (κ1) is 16.1. The Morgan fingerprint density at radius 3 is 2.52 bits per heavy atom. The van der Waals surface area contributed by atoms with Crippen LogP contribution in [0.25, 0.3) is 0 Å². The molecule has 112 valence electrons. The molecule has 1 N–H and O–H groups in total. The zero-order valence-corrected chi connectivity index (χ0v) is 14.5. The summed E-state index contributed by atoms with van der Waals surface area (Å²) in [7, 11) is -2.21. The van der Waals surface area contributed by atoms with Gasteiger partial charge in [-0.2, -0.15) is 0 Å². The van der Waals surface area contributed by atoms with Crippen molar-refractivity contribution in [1.29, 1.82) is 0 Å². The molecule has 0 unspecified atom stereocenters. The lowest BCUT2D eigenvalue weighted by atomic mass is 10.2. The smallest absolute Gasteiger partial charge is 0.261 e. The van der Waals surface area contributed by atoms with Gasteiger partial charge in [-0.05, 0) is 52.7 Å². The van der Waals surface area contributed by atoms with Gasteiger partial charge in [0.15, 0.2) is 0 Å². The van der Waals surface area contributed by atoms with Crippen LogP contribution in [0.5, 0.6) is 5.75 Å². The minimum Gasteiger partial charge on any atom is -0.496 e. The first-order chi connectivity index (χ1) is 9.85. The summed E-state index contributed by atoms with van der Waals surface area (Å²) in [5.41, 5.74) is 1.13. The Balaban J connectivity index is 2.41. The number of rotatable bonds is 4. The van der Waals surface area contributed by atoms with E-state index >= 15 is 0 Å². The summed E-state index contributed by atoms with van der Waals surface area (Å²) >= 11 is 9.32. The topological polar surface area (TPSA) is 55.4 Å².